The third-order valence-electron chi connectivity index (χ3n) is 3.12. The first-order valence-corrected chi connectivity index (χ1v) is 6.33. The smallest absolute Gasteiger partial charge is 0.341 e. The quantitative estimate of drug-likeness (QED) is 0.590. The normalized spacial score (nSPS) is 10.7. The predicted molar refractivity (Wildman–Crippen MR) is 77.2 cm³/mol. The van der Waals surface area contributed by atoms with Crippen LogP contribution in [-0.2, 0) is 9.53 Å². The van der Waals surface area contributed by atoms with E-state index in [0.29, 0.717) is 27.4 Å². The fraction of sp³-hybridized carbons (Fsp3) is 0.0625. The molecular weight excluding hydrogens is 270 g/mol. The molecule has 3 aromatic rings. The maximum absolute atomic E-state index is 12.3. The van der Waals surface area contributed by atoms with E-state index >= 15 is 0 Å². The lowest BCUT2D eigenvalue weighted by Gasteiger charge is -2.09. The molecule has 1 heterocycles. The number of hydrogen-bond donors (Lipinski definition) is 1. The summed E-state index contributed by atoms with van der Waals surface area (Å²) in [4.78, 5) is 27.3. The molecule has 1 N–H and O–H groups in total. The van der Waals surface area contributed by atoms with Crippen LogP contribution in [0, 0.1) is 0 Å². The highest BCUT2D eigenvalue weighted by atomic mass is 16.5. The van der Waals surface area contributed by atoms with Crippen molar-refractivity contribution >= 4 is 33.7 Å². The fourth-order valence-electron chi connectivity index (χ4n) is 2.26. The van der Waals surface area contributed by atoms with Crippen molar-refractivity contribution in [2.75, 3.05) is 6.61 Å². The molecular formula is C16H11NO4. The molecule has 104 valence electrons. The van der Waals surface area contributed by atoms with Gasteiger partial charge in [0.15, 0.2) is 6.61 Å². The van der Waals surface area contributed by atoms with Gasteiger partial charge in [0.05, 0.1) is 16.6 Å². The van der Waals surface area contributed by atoms with E-state index in [4.69, 9.17) is 9.84 Å². The summed E-state index contributed by atoms with van der Waals surface area (Å²) < 4.78 is 4.84. The summed E-state index contributed by atoms with van der Waals surface area (Å²) in [5.74, 6) is -1.85. The Morgan fingerprint density at radius 1 is 0.952 bits per heavy atom. The third kappa shape index (κ3) is 2.41. The summed E-state index contributed by atoms with van der Waals surface area (Å²) >= 11 is 0. The number of benzene rings is 2. The number of carbonyl (C=O) groups is 2. The number of fused-ring (bicyclic) bond motifs is 2. The third-order valence-corrected chi connectivity index (χ3v) is 3.12. The van der Waals surface area contributed by atoms with Crippen LogP contribution < -0.4 is 0 Å². The van der Waals surface area contributed by atoms with Gasteiger partial charge in [-0.3, -0.25) is 0 Å². The van der Waals surface area contributed by atoms with Gasteiger partial charge in [-0.05, 0) is 12.1 Å². The first kappa shape index (κ1) is 13.1. The molecule has 0 aliphatic heterocycles. The molecule has 0 saturated carbocycles. The van der Waals surface area contributed by atoms with E-state index in [2.05, 4.69) is 4.98 Å². The summed E-state index contributed by atoms with van der Waals surface area (Å²) in [6.07, 6.45) is 0. The molecule has 3 rings (SSSR count). The lowest BCUT2D eigenvalue weighted by atomic mass is 10.0. The van der Waals surface area contributed by atoms with Crippen molar-refractivity contribution in [3.8, 4) is 0 Å². The van der Waals surface area contributed by atoms with Crippen LogP contribution in [0.4, 0.5) is 0 Å². The fourth-order valence-corrected chi connectivity index (χ4v) is 2.26. The molecule has 0 aliphatic carbocycles. The van der Waals surface area contributed by atoms with Gasteiger partial charge in [-0.2, -0.15) is 0 Å². The highest BCUT2D eigenvalue weighted by Crippen LogP contribution is 2.26. The molecule has 0 aliphatic rings. The van der Waals surface area contributed by atoms with Crippen LogP contribution in [0.3, 0.4) is 0 Å². The summed E-state index contributed by atoms with van der Waals surface area (Å²) in [5.41, 5.74) is 1.68. The first-order chi connectivity index (χ1) is 10.2. The monoisotopic (exact) mass is 281 g/mol. The lowest BCUT2D eigenvalue weighted by Crippen LogP contribution is -2.14. The van der Waals surface area contributed by atoms with E-state index in [0.717, 1.165) is 0 Å². The highest BCUT2D eigenvalue weighted by molar-refractivity contribution is 6.14. The molecule has 0 saturated heterocycles. The first-order valence-electron chi connectivity index (χ1n) is 6.33. The van der Waals surface area contributed by atoms with Crippen LogP contribution in [-0.4, -0.2) is 28.6 Å². The van der Waals surface area contributed by atoms with Crippen LogP contribution in [0.2, 0.25) is 0 Å². The molecule has 0 amide bonds. The minimum Gasteiger partial charge on any atom is -0.479 e. The standard InChI is InChI=1S/C16H11NO4/c18-14(19)9-21-16(20)15-10-5-1-3-7-12(10)17-13-8-4-2-6-11(13)15/h1-8H,9H2,(H,18,19). The number of rotatable bonds is 3. The Morgan fingerprint density at radius 2 is 1.48 bits per heavy atom. The largest absolute Gasteiger partial charge is 0.479 e. The number of para-hydroxylation sites is 2. The molecule has 0 fully saturated rings. The van der Waals surface area contributed by atoms with Gasteiger partial charge in [0.25, 0.3) is 0 Å². The highest BCUT2D eigenvalue weighted by Gasteiger charge is 2.17. The number of pyridine rings is 1. The van der Waals surface area contributed by atoms with Crippen LogP contribution in [0.1, 0.15) is 10.4 Å². The number of aliphatic carboxylic acids is 1. The SMILES string of the molecule is O=C(O)COC(=O)c1c2ccccc2nc2ccccc12. The van der Waals surface area contributed by atoms with E-state index in [1.54, 1.807) is 36.4 Å². The molecule has 1 aromatic heterocycles. The van der Waals surface area contributed by atoms with Gasteiger partial charge in [-0.1, -0.05) is 36.4 Å². The molecule has 2 aromatic carbocycles. The second kappa shape index (κ2) is 5.20. The maximum atomic E-state index is 12.3. The Kier molecular flexibility index (Phi) is 3.23. The molecule has 5 nitrogen and oxygen atoms in total. The molecule has 0 bridgehead atoms. The molecule has 5 heteroatoms. The number of esters is 1. The van der Waals surface area contributed by atoms with Crippen molar-refractivity contribution in [2.24, 2.45) is 0 Å². The maximum Gasteiger partial charge on any atom is 0.341 e. The van der Waals surface area contributed by atoms with E-state index in [9.17, 15) is 9.59 Å². The minimum atomic E-state index is -1.19. The van der Waals surface area contributed by atoms with Crippen LogP contribution in [0.15, 0.2) is 48.5 Å². The predicted octanol–water partition coefficient (Wildman–Crippen LogP) is 2.63. The number of carboxylic acid groups (broad SMARTS) is 1. The number of nitrogens with zero attached hydrogens (tertiary/aromatic N) is 1. The van der Waals surface area contributed by atoms with E-state index in [-0.39, 0.29) is 0 Å². The summed E-state index contributed by atoms with van der Waals surface area (Å²) in [5, 5.41) is 9.94. The van der Waals surface area contributed by atoms with E-state index in [1.165, 1.54) is 0 Å². The number of hydrogen-bond acceptors (Lipinski definition) is 4. The van der Waals surface area contributed by atoms with Gasteiger partial charge in [0.1, 0.15) is 0 Å². The van der Waals surface area contributed by atoms with Crippen molar-refractivity contribution in [1.82, 2.24) is 4.98 Å². The van der Waals surface area contributed by atoms with Crippen molar-refractivity contribution in [3.05, 3.63) is 54.1 Å². The zero-order chi connectivity index (χ0) is 14.8. The van der Waals surface area contributed by atoms with Gasteiger partial charge in [0.2, 0.25) is 0 Å². The molecule has 0 unspecified atom stereocenters. The van der Waals surface area contributed by atoms with Crippen molar-refractivity contribution < 1.29 is 19.4 Å². The number of carboxylic acids is 1. The average Bonchev–Trinajstić information content (AvgIpc) is 2.50. The van der Waals surface area contributed by atoms with Crippen molar-refractivity contribution in [1.29, 1.82) is 0 Å². The zero-order valence-electron chi connectivity index (χ0n) is 10.9. The van der Waals surface area contributed by atoms with Crippen LogP contribution in [0.5, 0.6) is 0 Å². The number of ether oxygens (including phenoxy) is 1. The minimum absolute atomic E-state index is 0.345. The molecule has 0 atom stereocenters. The molecule has 0 radical (unpaired) electrons. The molecule has 0 spiro atoms. The van der Waals surface area contributed by atoms with Crippen molar-refractivity contribution in [2.45, 2.75) is 0 Å². The Morgan fingerprint density at radius 3 is 2.00 bits per heavy atom. The van der Waals surface area contributed by atoms with Gasteiger partial charge in [-0.25, -0.2) is 14.6 Å². The van der Waals surface area contributed by atoms with Crippen LogP contribution in [0.25, 0.3) is 21.8 Å². The van der Waals surface area contributed by atoms with Crippen LogP contribution >= 0.6 is 0 Å². The summed E-state index contributed by atoms with van der Waals surface area (Å²) in [6.45, 7) is -0.663. The van der Waals surface area contributed by atoms with Gasteiger partial charge < -0.3 is 9.84 Å². The van der Waals surface area contributed by atoms with E-state index < -0.39 is 18.5 Å². The zero-order valence-corrected chi connectivity index (χ0v) is 10.9. The Labute approximate surface area is 119 Å². The summed E-state index contributed by atoms with van der Waals surface area (Å²) in [6, 6.07) is 14.4. The van der Waals surface area contributed by atoms with Gasteiger partial charge in [-0.15, -0.1) is 0 Å². The Hall–Kier alpha value is -2.95. The summed E-state index contributed by atoms with van der Waals surface area (Å²) in [7, 11) is 0. The molecule has 21 heavy (non-hydrogen) atoms. The van der Waals surface area contributed by atoms with Gasteiger partial charge in [0, 0.05) is 10.8 Å². The average molecular weight is 281 g/mol. The van der Waals surface area contributed by atoms with Gasteiger partial charge >= 0.3 is 11.9 Å². The number of aromatic nitrogens is 1. The Bertz CT molecular complexity index is 803. The van der Waals surface area contributed by atoms with Crippen molar-refractivity contribution in [3.63, 3.8) is 0 Å². The topological polar surface area (TPSA) is 76.5 Å². The second-order valence-electron chi connectivity index (χ2n) is 4.49. The van der Waals surface area contributed by atoms with E-state index in [1.807, 2.05) is 12.1 Å². The Balaban J connectivity index is 2.25. The lowest BCUT2D eigenvalue weighted by molar-refractivity contribution is -0.140. The number of carbonyl (C=O) groups excluding carboxylic acids is 1. The second-order valence-corrected chi connectivity index (χ2v) is 4.49.